The summed E-state index contributed by atoms with van der Waals surface area (Å²) in [5.74, 6) is 1.68. The summed E-state index contributed by atoms with van der Waals surface area (Å²) in [6.45, 7) is 8.29. The van der Waals surface area contributed by atoms with E-state index in [1.807, 2.05) is 0 Å². The van der Waals surface area contributed by atoms with E-state index in [9.17, 15) is 0 Å². The fraction of sp³-hybridized carbons (Fsp3) is 0.625. The number of anilines is 2. The molecule has 2 nitrogen and oxygen atoms in total. The van der Waals surface area contributed by atoms with Crippen LogP contribution >= 0.6 is 0 Å². The molecule has 0 saturated carbocycles. The van der Waals surface area contributed by atoms with Crippen LogP contribution in [0.1, 0.15) is 32.3 Å². The summed E-state index contributed by atoms with van der Waals surface area (Å²) in [7, 11) is 0. The molecule has 2 heterocycles. The van der Waals surface area contributed by atoms with Crippen molar-refractivity contribution in [2.45, 2.75) is 33.1 Å². The summed E-state index contributed by atoms with van der Waals surface area (Å²) in [5, 5.41) is 3.53. The zero-order valence-electron chi connectivity index (χ0n) is 11.6. The van der Waals surface area contributed by atoms with E-state index in [4.69, 9.17) is 0 Å². The van der Waals surface area contributed by atoms with E-state index in [1.165, 1.54) is 49.3 Å². The van der Waals surface area contributed by atoms with Gasteiger partial charge in [-0.05, 0) is 48.8 Å². The maximum atomic E-state index is 3.53. The highest BCUT2D eigenvalue weighted by atomic mass is 15.2. The normalized spacial score (nSPS) is 23.1. The third-order valence-corrected chi connectivity index (χ3v) is 4.56. The predicted octanol–water partition coefficient (Wildman–Crippen LogP) is 3.53. The van der Waals surface area contributed by atoms with Gasteiger partial charge in [0.15, 0.2) is 0 Å². The van der Waals surface area contributed by atoms with E-state index in [0.29, 0.717) is 0 Å². The topological polar surface area (TPSA) is 15.3 Å². The predicted molar refractivity (Wildman–Crippen MR) is 78.4 cm³/mol. The third kappa shape index (κ3) is 2.21. The Morgan fingerprint density at radius 2 is 2.22 bits per heavy atom. The molecule has 1 fully saturated rings. The second-order valence-corrected chi connectivity index (χ2v) is 6.11. The molecule has 0 amide bonds. The minimum atomic E-state index is 0.811. The van der Waals surface area contributed by atoms with Crippen LogP contribution in [0.3, 0.4) is 0 Å². The summed E-state index contributed by atoms with van der Waals surface area (Å²) in [6, 6.07) is 6.99. The molecular formula is C16H24N2. The number of fused-ring (bicyclic) bond motifs is 1. The van der Waals surface area contributed by atoms with Gasteiger partial charge in [0.2, 0.25) is 0 Å². The summed E-state index contributed by atoms with van der Waals surface area (Å²) in [6.07, 6.45) is 3.85. The van der Waals surface area contributed by atoms with Crippen LogP contribution in [0.2, 0.25) is 0 Å². The lowest BCUT2D eigenvalue weighted by atomic mass is 9.95. The van der Waals surface area contributed by atoms with Crippen LogP contribution < -0.4 is 10.2 Å². The van der Waals surface area contributed by atoms with Crippen molar-refractivity contribution < 1.29 is 0 Å². The summed E-state index contributed by atoms with van der Waals surface area (Å²) in [5.41, 5.74) is 4.27. The van der Waals surface area contributed by atoms with Gasteiger partial charge in [0.25, 0.3) is 0 Å². The molecule has 1 saturated heterocycles. The minimum Gasteiger partial charge on any atom is -0.385 e. The molecular weight excluding hydrogens is 220 g/mol. The molecule has 1 aromatic rings. The van der Waals surface area contributed by atoms with Gasteiger partial charge in [-0.1, -0.05) is 19.9 Å². The van der Waals surface area contributed by atoms with Gasteiger partial charge in [-0.2, -0.15) is 0 Å². The number of benzene rings is 1. The molecule has 18 heavy (non-hydrogen) atoms. The van der Waals surface area contributed by atoms with Crippen molar-refractivity contribution in [3.63, 3.8) is 0 Å². The highest BCUT2D eigenvalue weighted by molar-refractivity contribution is 5.63. The van der Waals surface area contributed by atoms with E-state index in [1.54, 1.807) is 0 Å². The SMILES string of the molecule is CC(C)C1CCN(c2ccc3c(c2)NCCC3)C1. The Balaban J connectivity index is 1.77. The van der Waals surface area contributed by atoms with Crippen molar-refractivity contribution in [1.82, 2.24) is 0 Å². The molecule has 0 spiro atoms. The highest BCUT2D eigenvalue weighted by Gasteiger charge is 2.25. The lowest BCUT2D eigenvalue weighted by molar-refractivity contribution is 0.423. The second-order valence-electron chi connectivity index (χ2n) is 6.11. The Bertz CT molecular complexity index is 425. The van der Waals surface area contributed by atoms with Gasteiger partial charge in [-0.15, -0.1) is 0 Å². The average molecular weight is 244 g/mol. The molecule has 1 aromatic carbocycles. The molecule has 0 bridgehead atoms. The molecule has 1 atom stereocenters. The van der Waals surface area contributed by atoms with E-state index < -0.39 is 0 Å². The molecule has 1 unspecified atom stereocenters. The first-order chi connectivity index (χ1) is 8.74. The molecule has 2 aliphatic rings. The molecule has 1 N–H and O–H groups in total. The van der Waals surface area contributed by atoms with Crippen molar-refractivity contribution in [2.24, 2.45) is 11.8 Å². The van der Waals surface area contributed by atoms with Gasteiger partial charge < -0.3 is 10.2 Å². The highest BCUT2D eigenvalue weighted by Crippen LogP contribution is 2.32. The van der Waals surface area contributed by atoms with Gasteiger partial charge in [0.05, 0.1) is 0 Å². The molecule has 0 radical (unpaired) electrons. The summed E-state index contributed by atoms with van der Waals surface area (Å²) < 4.78 is 0. The van der Waals surface area contributed by atoms with E-state index in [2.05, 4.69) is 42.3 Å². The lowest BCUT2D eigenvalue weighted by Gasteiger charge is -2.24. The number of nitrogens with zero attached hydrogens (tertiary/aromatic N) is 1. The Kier molecular flexibility index (Phi) is 3.19. The Hall–Kier alpha value is -1.18. The van der Waals surface area contributed by atoms with E-state index >= 15 is 0 Å². The second kappa shape index (κ2) is 4.83. The quantitative estimate of drug-likeness (QED) is 0.856. The fourth-order valence-electron chi connectivity index (χ4n) is 3.21. The van der Waals surface area contributed by atoms with Crippen LogP contribution in [0, 0.1) is 11.8 Å². The largest absolute Gasteiger partial charge is 0.385 e. The third-order valence-electron chi connectivity index (χ3n) is 4.56. The Labute approximate surface area is 110 Å². The first-order valence-corrected chi connectivity index (χ1v) is 7.36. The zero-order chi connectivity index (χ0) is 12.5. The van der Waals surface area contributed by atoms with Gasteiger partial charge in [0, 0.05) is 31.0 Å². The smallest absolute Gasteiger partial charge is 0.0393 e. The van der Waals surface area contributed by atoms with Crippen LogP contribution in [-0.2, 0) is 6.42 Å². The number of rotatable bonds is 2. The maximum absolute atomic E-state index is 3.53. The first-order valence-electron chi connectivity index (χ1n) is 7.36. The van der Waals surface area contributed by atoms with Crippen LogP contribution in [0.4, 0.5) is 11.4 Å². The van der Waals surface area contributed by atoms with Crippen molar-refractivity contribution in [2.75, 3.05) is 29.9 Å². The number of aryl methyl sites for hydroxylation is 1. The van der Waals surface area contributed by atoms with Crippen molar-refractivity contribution >= 4 is 11.4 Å². The van der Waals surface area contributed by atoms with Gasteiger partial charge in [-0.3, -0.25) is 0 Å². The molecule has 2 heteroatoms. The van der Waals surface area contributed by atoms with Crippen LogP contribution in [0.25, 0.3) is 0 Å². The van der Waals surface area contributed by atoms with Gasteiger partial charge in [0.1, 0.15) is 0 Å². The first kappa shape index (κ1) is 11.9. The van der Waals surface area contributed by atoms with Crippen molar-refractivity contribution in [3.8, 4) is 0 Å². The molecule has 3 rings (SSSR count). The standard InChI is InChI=1S/C16H24N2/c1-12(2)14-7-9-18(11-14)15-6-5-13-4-3-8-17-16(13)10-15/h5-6,10,12,14,17H,3-4,7-9,11H2,1-2H3. The number of hydrogen-bond acceptors (Lipinski definition) is 2. The van der Waals surface area contributed by atoms with Crippen molar-refractivity contribution in [1.29, 1.82) is 0 Å². The fourth-order valence-corrected chi connectivity index (χ4v) is 3.21. The Morgan fingerprint density at radius 3 is 3.00 bits per heavy atom. The van der Waals surface area contributed by atoms with E-state index in [-0.39, 0.29) is 0 Å². The molecule has 0 aliphatic carbocycles. The monoisotopic (exact) mass is 244 g/mol. The van der Waals surface area contributed by atoms with Crippen LogP contribution in [0.5, 0.6) is 0 Å². The molecule has 2 aliphatic heterocycles. The maximum Gasteiger partial charge on any atom is 0.0393 e. The number of nitrogens with one attached hydrogen (secondary N) is 1. The zero-order valence-corrected chi connectivity index (χ0v) is 11.6. The lowest BCUT2D eigenvalue weighted by Crippen LogP contribution is -2.22. The van der Waals surface area contributed by atoms with Gasteiger partial charge >= 0.3 is 0 Å². The molecule has 98 valence electrons. The van der Waals surface area contributed by atoms with Gasteiger partial charge in [-0.25, -0.2) is 0 Å². The average Bonchev–Trinajstić information content (AvgIpc) is 2.88. The Morgan fingerprint density at radius 1 is 1.33 bits per heavy atom. The summed E-state index contributed by atoms with van der Waals surface area (Å²) in [4.78, 5) is 2.56. The molecule has 0 aromatic heterocycles. The minimum absolute atomic E-state index is 0.811. The number of hydrogen-bond donors (Lipinski definition) is 1. The van der Waals surface area contributed by atoms with Crippen LogP contribution in [-0.4, -0.2) is 19.6 Å². The van der Waals surface area contributed by atoms with E-state index in [0.717, 1.165) is 18.4 Å². The summed E-state index contributed by atoms with van der Waals surface area (Å²) >= 11 is 0. The van der Waals surface area contributed by atoms with Crippen molar-refractivity contribution in [3.05, 3.63) is 23.8 Å². The van der Waals surface area contributed by atoms with Crippen LogP contribution in [0.15, 0.2) is 18.2 Å².